The molecule has 0 heterocycles. The van der Waals surface area contributed by atoms with Crippen LogP contribution >= 0.6 is 0 Å². The first-order valence-corrected chi connectivity index (χ1v) is 9.69. The normalized spacial score (nSPS) is 12.8. The highest BCUT2D eigenvalue weighted by atomic mass is 19.4. The number of hydrogen-bond donors (Lipinski definition) is 5. The molecule has 0 aromatic heterocycles. The molecular formula is C19H37F3N4O6. The summed E-state index contributed by atoms with van der Waals surface area (Å²) in [7, 11) is 3.12. The van der Waals surface area contributed by atoms with Crippen LogP contribution in [0.1, 0.15) is 48.5 Å². The molecule has 32 heavy (non-hydrogen) atoms. The highest BCUT2D eigenvalue weighted by molar-refractivity contribution is 5.85. The van der Waals surface area contributed by atoms with E-state index in [0.29, 0.717) is 0 Å². The number of nitrogens with one attached hydrogen (secondary N) is 3. The first kappa shape index (κ1) is 34.1. The highest BCUT2D eigenvalue weighted by Gasteiger charge is 2.38. The van der Waals surface area contributed by atoms with Crippen molar-refractivity contribution in [2.24, 2.45) is 17.6 Å². The number of alkyl carbamates (subject to hydrolysis) is 1. The number of halogens is 3. The molecule has 0 radical (unpaired) electrons. The van der Waals surface area contributed by atoms with Crippen molar-refractivity contribution in [3.05, 3.63) is 0 Å². The zero-order chi connectivity index (χ0) is 26.4. The minimum Gasteiger partial charge on any atom is -0.475 e. The third-order valence-corrected chi connectivity index (χ3v) is 3.38. The zero-order valence-electron chi connectivity index (χ0n) is 20.0. The molecule has 10 nitrogen and oxygen atoms in total. The van der Waals surface area contributed by atoms with Gasteiger partial charge in [-0.3, -0.25) is 9.59 Å². The van der Waals surface area contributed by atoms with E-state index in [0.717, 1.165) is 0 Å². The predicted molar refractivity (Wildman–Crippen MR) is 113 cm³/mol. The summed E-state index contributed by atoms with van der Waals surface area (Å²) in [5.41, 5.74) is 4.90. The fraction of sp³-hybridized carbons (Fsp3) is 0.789. The molecule has 0 aliphatic heterocycles. The van der Waals surface area contributed by atoms with Gasteiger partial charge in [0.2, 0.25) is 11.8 Å². The van der Waals surface area contributed by atoms with Gasteiger partial charge in [0.25, 0.3) is 0 Å². The van der Waals surface area contributed by atoms with Crippen molar-refractivity contribution in [1.29, 1.82) is 0 Å². The average molecular weight is 475 g/mol. The van der Waals surface area contributed by atoms with Gasteiger partial charge in [-0.1, -0.05) is 27.7 Å². The van der Waals surface area contributed by atoms with Crippen LogP contribution in [-0.4, -0.2) is 66.9 Å². The molecule has 0 rings (SSSR count). The van der Waals surface area contributed by atoms with Crippen LogP contribution in [0.15, 0.2) is 0 Å². The Morgan fingerprint density at radius 2 is 1.25 bits per heavy atom. The third-order valence-electron chi connectivity index (χ3n) is 3.38. The number of hydrogen-bond acceptors (Lipinski definition) is 6. The Hall–Kier alpha value is -2.57. The Kier molecular flexibility index (Phi) is 16.2. The van der Waals surface area contributed by atoms with E-state index in [1.165, 1.54) is 7.05 Å². The molecule has 0 aliphatic rings. The zero-order valence-corrected chi connectivity index (χ0v) is 20.0. The van der Waals surface area contributed by atoms with Crippen molar-refractivity contribution < 1.29 is 42.2 Å². The molecule has 2 unspecified atom stereocenters. The van der Waals surface area contributed by atoms with Gasteiger partial charge in [-0.15, -0.1) is 0 Å². The molecule has 0 aliphatic carbocycles. The van der Waals surface area contributed by atoms with Gasteiger partial charge < -0.3 is 31.5 Å². The van der Waals surface area contributed by atoms with E-state index in [4.69, 9.17) is 20.4 Å². The van der Waals surface area contributed by atoms with Crippen LogP contribution in [-0.2, 0) is 19.1 Å². The molecule has 190 valence electrons. The Morgan fingerprint density at radius 1 is 0.875 bits per heavy atom. The fourth-order valence-electron chi connectivity index (χ4n) is 1.59. The molecule has 0 saturated heterocycles. The smallest absolute Gasteiger partial charge is 0.475 e. The molecule has 0 aromatic rings. The number of carbonyl (C=O) groups is 4. The van der Waals surface area contributed by atoms with Gasteiger partial charge in [0.05, 0.1) is 6.04 Å². The molecule has 3 amide bonds. The van der Waals surface area contributed by atoms with Crippen molar-refractivity contribution in [2.45, 2.75) is 72.3 Å². The summed E-state index contributed by atoms with van der Waals surface area (Å²) in [4.78, 5) is 42.6. The first-order chi connectivity index (χ1) is 14.2. The quantitative estimate of drug-likeness (QED) is 0.405. The molecule has 0 saturated carbocycles. The lowest BCUT2D eigenvalue weighted by Gasteiger charge is -2.24. The highest BCUT2D eigenvalue weighted by Crippen LogP contribution is 2.13. The molecule has 0 fully saturated rings. The lowest BCUT2D eigenvalue weighted by molar-refractivity contribution is -0.192. The summed E-state index contributed by atoms with van der Waals surface area (Å²) in [5, 5.41) is 14.7. The van der Waals surface area contributed by atoms with E-state index in [1.807, 2.05) is 27.7 Å². The van der Waals surface area contributed by atoms with E-state index >= 15 is 0 Å². The number of amides is 3. The van der Waals surface area contributed by atoms with Crippen LogP contribution in [0.3, 0.4) is 0 Å². The topological polar surface area (TPSA) is 160 Å². The molecule has 0 bridgehead atoms. The molecule has 0 aromatic carbocycles. The number of rotatable bonds is 5. The second-order valence-corrected chi connectivity index (χ2v) is 8.17. The van der Waals surface area contributed by atoms with Gasteiger partial charge in [0.1, 0.15) is 11.6 Å². The van der Waals surface area contributed by atoms with E-state index in [1.54, 1.807) is 27.8 Å². The largest absolute Gasteiger partial charge is 0.490 e. The van der Waals surface area contributed by atoms with Gasteiger partial charge in [0.15, 0.2) is 0 Å². The lowest BCUT2D eigenvalue weighted by atomic mass is 10.0. The van der Waals surface area contributed by atoms with E-state index in [2.05, 4.69) is 16.0 Å². The SMILES string of the molecule is CNC(=O)C(N)C(C)C.CNC(=O)C(NC(=O)OC(C)(C)C)C(C)C.O=C(O)C(F)(F)F. The summed E-state index contributed by atoms with van der Waals surface area (Å²) < 4.78 is 36.8. The van der Waals surface area contributed by atoms with Gasteiger partial charge in [0, 0.05) is 14.1 Å². The maximum absolute atomic E-state index is 11.5. The second-order valence-electron chi connectivity index (χ2n) is 8.17. The number of carboxylic acid groups (broad SMARTS) is 1. The lowest BCUT2D eigenvalue weighted by Crippen LogP contribution is -2.50. The molecule has 13 heteroatoms. The number of carboxylic acids is 1. The summed E-state index contributed by atoms with van der Waals surface area (Å²) >= 11 is 0. The van der Waals surface area contributed by atoms with Crippen LogP contribution in [0.2, 0.25) is 0 Å². The summed E-state index contributed by atoms with van der Waals surface area (Å²) in [6, 6.07) is -0.935. The Balaban J connectivity index is -0.000000442. The maximum Gasteiger partial charge on any atom is 0.490 e. The fourth-order valence-corrected chi connectivity index (χ4v) is 1.59. The van der Waals surface area contributed by atoms with Crippen LogP contribution in [0.4, 0.5) is 18.0 Å². The van der Waals surface area contributed by atoms with Crippen LogP contribution < -0.4 is 21.7 Å². The summed E-state index contributed by atoms with van der Waals surface area (Å²) in [6.07, 6.45) is -5.66. The van der Waals surface area contributed by atoms with Gasteiger partial charge in [-0.05, 0) is 32.6 Å². The van der Waals surface area contributed by atoms with Gasteiger partial charge in [-0.25, -0.2) is 9.59 Å². The minimum atomic E-state index is -5.08. The number of aliphatic carboxylic acids is 1. The minimum absolute atomic E-state index is 0.00692. The monoisotopic (exact) mass is 474 g/mol. The third kappa shape index (κ3) is 18.2. The maximum atomic E-state index is 11.5. The average Bonchev–Trinajstić information content (AvgIpc) is 2.62. The molecule has 6 N–H and O–H groups in total. The van der Waals surface area contributed by atoms with E-state index < -0.39 is 29.9 Å². The number of likely N-dealkylation sites (N-methyl/N-ethyl adjacent to an activating group) is 2. The number of nitrogens with two attached hydrogens (primary N) is 1. The first-order valence-electron chi connectivity index (χ1n) is 9.69. The molecule has 0 spiro atoms. The van der Waals surface area contributed by atoms with Crippen molar-refractivity contribution >= 4 is 23.9 Å². The molecular weight excluding hydrogens is 437 g/mol. The standard InChI is InChI=1S/C11H22N2O3.C6H14N2O.C2HF3O2/c1-7(2)8(9(14)12-6)13-10(15)16-11(3,4)5;1-4(2)5(7)6(9)8-3;3-2(4,5)1(6)7/h7-8H,1-6H3,(H,12,14)(H,13,15);4-5H,7H2,1-3H3,(H,8,9);(H,6,7). The van der Waals surface area contributed by atoms with E-state index in [9.17, 15) is 27.6 Å². The van der Waals surface area contributed by atoms with Crippen molar-refractivity contribution in [3.8, 4) is 0 Å². The Morgan fingerprint density at radius 3 is 1.44 bits per heavy atom. The van der Waals surface area contributed by atoms with Crippen molar-refractivity contribution in [3.63, 3.8) is 0 Å². The Bertz CT molecular complexity index is 605. The van der Waals surface area contributed by atoms with Crippen molar-refractivity contribution in [2.75, 3.05) is 14.1 Å². The van der Waals surface area contributed by atoms with Crippen molar-refractivity contribution in [1.82, 2.24) is 16.0 Å². The summed E-state index contributed by atoms with van der Waals surface area (Å²) in [6.45, 7) is 12.9. The number of carbonyl (C=O) groups excluding carboxylic acids is 3. The van der Waals surface area contributed by atoms with Crippen LogP contribution in [0, 0.1) is 11.8 Å². The van der Waals surface area contributed by atoms with Crippen LogP contribution in [0.25, 0.3) is 0 Å². The number of ether oxygens (including phenoxy) is 1. The predicted octanol–water partition coefficient (Wildman–Crippen LogP) is 1.63. The number of alkyl halides is 3. The molecule has 2 atom stereocenters. The van der Waals surface area contributed by atoms with Gasteiger partial charge in [-0.2, -0.15) is 13.2 Å². The van der Waals surface area contributed by atoms with Gasteiger partial charge >= 0.3 is 18.2 Å². The van der Waals surface area contributed by atoms with Crippen LogP contribution in [0.5, 0.6) is 0 Å². The Labute approximate surface area is 186 Å². The summed E-state index contributed by atoms with van der Waals surface area (Å²) in [5.74, 6) is -2.85. The van der Waals surface area contributed by atoms with E-state index in [-0.39, 0.29) is 29.7 Å². The second kappa shape index (κ2) is 15.3.